The number of hydrogen-bond acceptors (Lipinski definition) is 4. The number of carboxylic acids is 1. The molecule has 0 saturated carbocycles. The van der Waals surface area contributed by atoms with Gasteiger partial charge >= 0.3 is 5.97 Å². The lowest BCUT2D eigenvalue weighted by atomic mass is 9.88. The molecule has 2 aliphatic heterocycles. The fraction of sp³-hybridized carbons (Fsp3) is 0.462. The number of pyridine rings is 1. The third kappa shape index (κ3) is 2.31. The predicted molar refractivity (Wildman–Crippen MR) is 65.8 cm³/mol. The molecule has 6 heteroatoms. The summed E-state index contributed by atoms with van der Waals surface area (Å²) in [6, 6.07) is 2.91. The van der Waals surface area contributed by atoms with E-state index in [0.717, 1.165) is 19.3 Å². The minimum Gasteiger partial charge on any atom is -0.477 e. The molecule has 6 nitrogen and oxygen atoms in total. The van der Waals surface area contributed by atoms with Crippen LogP contribution in [0.5, 0.6) is 0 Å². The van der Waals surface area contributed by atoms with Crippen molar-refractivity contribution in [3.05, 3.63) is 24.0 Å². The van der Waals surface area contributed by atoms with Crippen molar-refractivity contribution in [2.45, 2.75) is 31.5 Å². The number of carboxylic acid groups (broad SMARTS) is 1. The molecule has 100 valence electrons. The summed E-state index contributed by atoms with van der Waals surface area (Å²) in [6.45, 7) is 0. The van der Waals surface area contributed by atoms with Gasteiger partial charge in [-0.15, -0.1) is 0 Å². The number of carbonyl (C=O) groups excluding carboxylic acids is 1. The standard InChI is InChI=1S/C13H14N2O4/c16-12(9-5-8-2-4-11(9)19-8)15-7-1-3-10(13(17)18)14-6-7/h1,3,6,8-9,11H,2,4-5H2,(H,15,16)(H,17,18)/t8-,9-,11-/m1/s1. The zero-order valence-electron chi connectivity index (χ0n) is 10.2. The first-order chi connectivity index (χ1) is 9.13. The predicted octanol–water partition coefficient (Wildman–Crippen LogP) is 1.29. The smallest absolute Gasteiger partial charge is 0.354 e. The molecule has 0 spiro atoms. The van der Waals surface area contributed by atoms with E-state index in [-0.39, 0.29) is 29.7 Å². The summed E-state index contributed by atoms with van der Waals surface area (Å²) in [5.41, 5.74) is 0.471. The summed E-state index contributed by atoms with van der Waals surface area (Å²) in [4.78, 5) is 26.5. The Balaban J connectivity index is 1.64. The van der Waals surface area contributed by atoms with Gasteiger partial charge in [0.1, 0.15) is 5.69 Å². The summed E-state index contributed by atoms with van der Waals surface area (Å²) in [5.74, 6) is -1.26. The highest BCUT2D eigenvalue weighted by molar-refractivity contribution is 5.93. The largest absolute Gasteiger partial charge is 0.477 e. The summed E-state index contributed by atoms with van der Waals surface area (Å²) >= 11 is 0. The number of anilines is 1. The molecule has 2 N–H and O–H groups in total. The van der Waals surface area contributed by atoms with E-state index in [9.17, 15) is 9.59 Å². The van der Waals surface area contributed by atoms with E-state index in [2.05, 4.69) is 10.3 Å². The van der Waals surface area contributed by atoms with Crippen molar-refractivity contribution >= 4 is 17.6 Å². The number of hydrogen-bond donors (Lipinski definition) is 2. The van der Waals surface area contributed by atoms with Crippen molar-refractivity contribution in [2.24, 2.45) is 5.92 Å². The van der Waals surface area contributed by atoms with Crippen LogP contribution in [0.3, 0.4) is 0 Å². The van der Waals surface area contributed by atoms with Crippen LogP contribution in [0.25, 0.3) is 0 Å². The minimum absolute atomic E-state index is 0.0382. The molecule has 2 bridgehead atoms. The van der Waals surface area contributed by atoms with E-state index in [4.69, 9.17) is 9.84 Å². The van der Waals surface area contributed by atoms with Crippen molar-refractivity contribution < 1.29 is 19.4 Å². The van der Waals surface area contributed by atoms with E-state index in [1.165, 1.54) is 12.3 Å². The Labute approximate surface area is 109 Å². The second-order valence-corrected chi connectivity index (χ2v) is 4.94. The SMILES string of the molecule is O=C(O)c1ccc(NC(=O)[C@@H]2C[C@H]3CC[C@H]2O3)cn1. The number of carbonyl (C=O) groups is 2. The molecule has 2 fully saturated rings. The highest BCUT2D eigenvalue weighted by atomic mass is 16.5. The van der Waals surface area contributed by atoms with Crippen LogP contribution in [-0.4, -0.2) is 34.2 Å². The normalized spacial score (nSPS) is 28.3. The number of amides is 1. The van der Waals surface area contributed by atoms with E-state index in [0.29, 0.717) is 5.69 Å². The van der Waals surface area contributed by atoms with Gasteiger partial charge in [0.2, 0.25) is 5.91 Å². The number of aromatic carboxylic acids is 1. The number of nitrogens with zero attached hydrogens (tertiary/aromatic N) is 1. The maximum Gasteiger partial charge on any atom is 0.354 e. The van der Waals surface area contributed by atoms with Crippen LogP contribution >= 0.6 is 0 Å². The average molecular weight is 262 g/mol. The topological polar surface area (TPSA) is 88.5 Å². The first-order valence-corrected chi connectivity index (χ1v) is 6.29. The van der Waals surface area contributed by atoms with Gasteiger partial charge in [-0.05, 0) is 31.4 Å². The maximum absolute atomic E-state index is 12.1. The fourth-order valence-electron chi connectivity index (χ4n) is 2.74. The van der Waals surface area contributed by atoms with Gasteiger partial charge in [0.15, 0.2) is 0 Å². The second kappa shape index (κ2) is 4.62. The third-order valence-electron chi connectivity index (χ3n) is 3.69. The number of fused-ring (bicyclic) bond motifs is 2. The molecule has 3 heterocycles. The quantitative estimate of drug-likeness (QED) is 0.856. The van der Waals surface area contributed by atoms with Gasteiger partial charge in [-0.3, -0.25) is 4.79 Å². The summed E-state index contributed by atoms with van der Waals surface area (Å²) in [7, 11) is 0. The molecule has 0 aliphatic carbocycles. The average Bonchev–Trinajstić information content (AvgIpc) is 3.01. The zero-order valence-corrected chi connectivity index (χ0v) is 10.2. The summed E-state index contributed by atoms with van der Waals surface area (Å²) < 4.78 is 5.64. The Morgan fingerprint density at radius 2 is 2.21 bits per heavy atom. The van der Waals surface area contributed by atoms with Crippen LogP contribution in [0.15, 0.2) is 18.3 Å². The van der Waals surface area contributed by atoms with Gasteiger partial charge < -0.3 is 15.2 Å². The number of nitrogens with one attached hydrogen (secondary N) is 1. The lowest BCUT2D eigenvalue weighted by molar-refractivity contribution is -0.121. The molecule has 19 heavy (non-hydrogen) atoms. The number of ether oxygens (including phenoxy) is 1. The van der Waals surface area contributed by atoms with Gasteiger partial charge in [0, 0.05) is 0 Å². The van der Waals surface area contributed by atoms with E-state index in [1.54, 1.807) is 6.07 Å². The number of aromatic nitrogens is 1. The second-order valence-electron chi connectivity index (χ2n) is 4.94. The van der Waals surface area contributed by atoms with Gasteiger partial charge in [-0.25, -0.2) is 9.78 Å². The van der Waals surface area contributed by atoms with Crippen LogP contribution < -0.4 is 5.32 Å². The molecule has 2 saturated heterocycles. The molecule has 0 radical (unpaired) electrons. The fourth-order valence-corrected chi connectivity index (χ4v) is 2.74. The molecule has 1 aromatic heterocycles. The Kier molecular flexibility index (Phi) is 2.94. The molecule has 2 aliphatic rings. The third-order valence-corrected chi connectivity index (χ3v) is 3.69. The molecule has 0 aromatic carbocycles. The maximum atomic E-state index is 12.1. The first-order valence-electron chi connectivity index (χ1n) is 6.29. The Morgan fingerprint density at radius 1 is 1.37 bits per heavy atom. The van der Waals surface area contributed by atoms with Gasteiger partial charge in [-0.2, -0.15) is 0 Å². The molecule has 1 amide bonds. The van der Waals surface area contributed by atoms with Crippen LogP contribution in [0, 0.1) is 5.92 Å². The molecular weight excluding hydrogens is 248 g/mol. The first kappa shape index (κ1) is 12.1. The highest BCUT2D eigenvalue weighted by Gasteiger charge is 2.44. The van der Waals surface area contributed by atoms with Crippen molar-refractivity contribution in [3.63, 3.8) is 0 Å². The highest BCUT2D eigenvalue weighted by Crippen LogP contribution is 2.39. The van der Waals surface area contributed by atoms with Gasteiger partial charge in [0.25, 0.3) is 0 Å². The van der Waals surface area contributed by atoms with Crippen molar-refractivity contribution in [3.8, 4) is 0 Å². The van der Waals surface area contributed by atoms with Crippen molar-refractivity contribution in [1.82, 2.24) is 4.98 Å². The van der Waals surface area contributed by atoms with E-state index >= 15 is 0 Å². The van der Waals surface area contributed by atoms with Crippen LogP contribution in [-0.2, 0) is 9.53 Å². The summed E-state index contributed by atoms with van der Waals surface area (Å²) in [5, 5.41) is 11.5. The van der Waals surface area contributed by atoms with E-state index < -0.39 is 5.97 Å². The Bertz CT molecular complexity index is 514. The molecular formula is C13H14N2O4. The Morgan fingerprint density at radius 3 is 2.74 bits per heavy atom. The van der Waals surface area contributed by atoms with Crippen LogP contribution in [0.1, 0.15) is 29.8 Å². The van der Waals surface area contributed by atoms with E-state index in [1.807, 2.05) is 0 Å². The summed E-state index contributed by atoms with van der Waals surface area (Å²) in [6.07, 6.45) is 4.39. The van der Waals surface area contributed by atoms with Gasteiger partial charge in [0.05, 0.1) is 30.0 Å². The van der Waals surface area contributed by atoms with Crippen molar-refractivity contribution in [1.29, 1.82) is 0 Å². The lowest BCUT2D eigenvalue weighted by Gasteiger charge is -2.17. The zero-order chi connectivity index (χ0) is 13.4. The molecule has 3 rings (SSSR count). The van der Waals surface area contributed by atoms with Gasteiger partial charge in [-0.1, -0.05) is 0 Å². The minimum atomic E-state index is -1.08. The van der Waals surface area contributed by atoms with Crippen molar-refractivity contribution in [2.75, 3.05) is 5.32 Å². The molecule has 0 unspecified atom stereocenters. The lowest BCUT2D eigenvalue weighted by Crippen LogP contribution is -2.30. The van der Waals surface area contributed by atoms with Crippen LogP contribution in [0.2, 0.25) is 0 Å². The molecule has 3 atom stereocenters. The number of rotatable bonds is 3. The Hall–Kier alpha value is -1.95. The monoisotopic (exact) mass is 262 g/mol. The van der Waals surface area contributed by atoms with Crippen LogP contribution in [0.4, 0.5) is 5.69 Å². The molecule has 1 aromatic rings.